The number of aromatic nitrogens is 4. The van der Waals surface area contributed by atoms with Gasteiger partial charge in [0.15, 0.2) is 5.65 Å². The number of likely N-dealkylation sites (tertiary alicyclic amines) is 1. The van der Waals surface area contributed by atoms with Crippen LogP contribution in [-0.4, -0.2) is 50.7 Å². The number of aromatic amines is 1. The van der Waals surface area contributed by atoms with Crippen molar-refractivity contribution in [2.75, 3.05) is 19.7 Å². The molecule has 0 bridgehead atoms. The van der Waals surface area contributed by atoms with E-state index in [1.54, 1.807) is 12.4 Å². The van der Waals surface area contributed by atoms with E-state index in [4.69, 9.17) is 4.74 Å². The highest BCUT2D eigenvalue weighted by atomic mass is 16.5. The first-order valence-corrected chi connectivity index (χ1v) is 9.39. The van der Waals surface area contributed by atoms with Crippen molar-refractivity contribution in [3.8, 4) is 5.75 Å². The van der Waals surface area contributed by atoms with Crippen molar-refractivity contribution in [3.63, 3.8) is 0 Å². The minimum atomic E-state index is 0.173. The number of amides is 1. The summed E-state index contributed by atoms with van der Waals surface area (Å²) in [5.41, 5.74) is 3.55. The van der Waals surface area contributed by atoms with Gasteiger partial charge in [-0.3, -0.25) is 9.89 Å². The minimum Gasteiger partial charge on any atom is -0.494 e. The summed E-state index contributed by atoms with van der Waals surface area (Å²) >= 11 is 0. The Kier molecular flexibility index (Phi) is 5.00. The van der Waals surface area contributed by atoms with Gasteiger partial charge in [-0.2, -0.15) is 5.10 Å². The average molecular weight is 365 g/mol. The molecule has 1 saturated heterocycles. The van der Waals surface area contributed by atoms with E-state index in [9.17, 15) is 4.79 Å². The second-order valence-electron chi connectivity index (χ2n) is 6.77. The molecule has 0 aliphatic carbocycles. The van der Waals surface area contributed by atoms with Gasteiger partial charge in [0.2, 0.25) is 5.91 Å². The summed E-state index contributed by atoms with van der Waals surface area (Å²) in [6, 6.07) is 7.77. The molecule has 27 heavy (non-hydrogen) atoms. The van der Waals surface area contributed by atoms with E-state index in [0.29, 0.717) is 24.6 Å². The molecule has 3 heterocycles. The molecule has 1 fully saturated rings. The molecule has 7 heteroatoms. The van der Waals surface area contributed by atoms with Gasteiger partial charge in [0.25, 0.3) is 0 Å². The molecule has 0 unspecified atom stereocenters. The summed E-state index contributed by atoms with van der Waals surface area (Å²) in [7, 11) is 0. The van der Waals surface area contributed by atoms with E-state index >= 15 is 0 Å². The van der Waals surface area contributed by atoms with E-state index in [2.05, 4.69) is 20.2 Å². The molecule has 1 aliphatic heterocycles. The van der Waals surface area contributed by atoms with Crippen LogP contribution < -0.4 is 4.74 Å². The Bertz CT molecular complexity index is 914. The van der Waals surface area contributed by atoms with Crippen LogP contribution in [-0.2, 0) is 11.2 Å². The second-order valence-corrected chi connectivity index (χ2v) is 6.77. The largest absolute Gasteiger partial charge is 0.494 e. The molecule has 0 saturated carbocycles. The number of piperidine rings is 1. The van der Waals surface area contributed by atoms with E-state index < -0.39 is 0 Å². The summed E-state index contributed by atoms with van der Waals surface area (Å²) in [5.74, 6) is 1.34. The lowest BCUT2D eigenvalue weighted by atomic mass is 9.92. The molecule has 1 amide bonds. The van der Waals surface area contributed by atoms with Crippen LogP contribution in [0.2, 0.25) is 0 Å². The summed E-state index contributed by atoms with van der Waals surface area (Å²) in [5, 5.41) is 7.33. The Morgan fingerprint density at radius 1 is 1.19 bits per heavy atom. The fourth-order valence-electron chi connectivity index (χ4n) is 3.63. The number of carbonyl (C=O) groups is 1. The first-order valence-electron chi connectivity index (χ1n) is 9.39. The normalized spacial score (nSPS) is 15.2. The molecule has 3 aromatic rings. The SMILES string of the molecule is CCOc1ccc(CC(=O)N2CCC(c3[nH]nc4nccnc34)CC2)cc1. The zero-order valence-electron chi connectivity index (χ0n) is 15.4. The van der Waals surface area contributed by atoms with Gasteiger partial charge in [-0.15, -0.1) is 0 Å². The molecule has 4 rings (SSSR count). The van der Waals surface area contributed by atoms with Crippen molar-refractivity contribution in [1.29, 1.82) is 0 Å². The summed E-state index contributed by atoms with van der Waals surface area (Å²) in [4.78, 5) is 23.2. The Morgan fingerprint density at radius 3 is 2.67 bits per heavy atom. The van der Waals surface area contributed by atoms with Gasteiger partial charge in [0, 0.05) is 31.4 Å². The van der Waals surface area contributed by atoms with Crippen molar-refractivity contribution in [3.05, 3.63) is 47.9 Å². The monoisotopic (exact) mass is 365 g/mol. The number of carbonyl (C=O) groups excluding carboxylic acids is 1. The third kappa shape index (κ3) is 3.77. The predicted molar refractivity (Wildman–Crippen MR) is 102 cm³/mol. The van der Waals surface area contributed by atoms with E-state index in [0.717, 1.165) is 48.5 Å². The number of hydrogen-bond donors (Lipinski definition) is 1. The number of fused-ring (bicyclic) bond motifs is 1. The molecule has 1 N–H and O–H groups in total. The van der Waals surface area contributed by atoms with Gasteiger partial charge in [0.1, 0.15) is 11.3 Å². The lowest BCUT2D eigenvalue weighted by Crippen LogP contribution is -2.38. The lowest BCUT2D eigenvalue weighted by molar-refractivity contribution is -0.131. The number of benzene rings is 1. The maximum atomic E-state index is 12.6. The van der Waals surface area contributed by atoms with Gasteiger partial charge in [-0.25, -0.2) is 9.97 Å². The van der Waals surface area contributed by atoms with Crippen molar-refractivity contribution >= 4 is 17.1 Å². The first-order chi connectivity index (χ1) is 13.2. The third-order valence-electron chi connectivity index (χ3n) is 5.06. The van der Waals surface area contributed by atoms with Gasteiger partial charge in [-0.1, -0.05) is 12.1 Å². The van der Waals surface area contributed by atoms with Crippen molar-refractivity contribution in [2.24, 2.45) is 0 Å². The van der Waals surface area contributed by atoms with Crippen molar-refractivity contribution < 1.29 is 9.53 Å². The molecule has 140 valence electrons. The van der Waals surface area contributed by atoms with Crippen LogP contribution in [0.1, 0.15) is 36.9 Å². The predicted octanol–water partition coefficient (Wildman–Crippen LogP) is 2.70. The molecule has 0 spiro atoms. The molecular weight excluding hydrogens is 342 g/mol. The fourth-order valence-corrected chi connectivity index (χ4v) is 3.63. The van der Waals surface area contributed by atoms with Crippen molar-refractivity contribution in [2.45, 2.75) is 32.1 Å². The van der Waals surface area contributed by atoms with E-state index in [-0.39, 0.29) is 5.91 Å². The summed E-state index contributed by atoms with van der Waals surface area (Å²) in [6.45, 7) is 4.10. The molecule has 2 aromatic heterocycles. The standard InChI is InChI=1S/C20H23N5O2/c1-2-27-16-5-3-14(4-6-16)13-17(26)25-11-7-15(8-12-25)18-19-20(24-23-18)22-10-9-21-19/h3-6,9-10,15H,2,7-8,11-13H2,1H3,(H,22,23,24). The number of H-pyrrole nitrogens is 1. The fraction of sp³-hybridized carbons (Fsp3) is 0.400. The second kappa shape index (κ2) is 7.73. The highest BCUT2D eigenvalue weighted by molar-refractivity contribution is 5.79. The van der Waals surface area contributed by atoms with Gasteiger partial charge in [-0.05, 0) is 37.5 Å². The number of rotatable bonds is 5. The van der Waals surface area contributed by atoms with E-state index in [1.807, 2.05) is 36.1 Å². The molecule has 0 radical (unpaired) electrons. The van der Waals surface area contributed by atoms with Gasteiger partial charge >= 0.3 is 0 Å². The highest BCUT2D eigenvalue weighted by Gasteiger charge is 2.26. The van der Waals surface area contributed by atoms with Gasteiger partial charge < -0.3 is 9.64 Å². The molecule has 0 atom stereocenters. The molecule has 7 nitrogen and oxygen atoms in total. The third-order valence-corrected chi connectivity index (χ3v) is 5.06. The Labute approximate surface area is 157 Å². The average Bonchev–Trinajstić information content (AvgIpc) is 3.14. The molecular formula is C20H23N5O2. The number of nitrogens with one attached hydrogen (secondary N) is 1. The zero-order chi connectivity index (χ0) is 18.6. The quantitative estimate of drug-likeness (QED) is 0.751. The van der Waals surface area contributed by atoms with E-state index in [1.165, 1.54) is 0 Å². The molecule has 1 aromatic carbocycles. The smallest absolute Gasteiger partial charge is 0.226 e. The van der Waals surface area contributed by atoms with Crippen LogP contribution in [0.4, 0.5) is 0 Å². The maximum Gasteiger partial charge on any atom is 0.226 e. The van der Waals surface area contributed by atoms with Crippen LogP contribution in [0.25, 0.3) is 11.2 Å². The Hall–Kier alpha value is -2.96. The lowest BCUT2D eigenvalue weighted by Gasteiger charge is -2.31. The number of ether oxygens (including phenoxy) is 1. The Morgan fingerprint density at radius 2 is 1.93 bits per heavy atom. The topological polar surface area (TPSA) is 84.0 Å². The van der Waals surface area contributed by atoms with Crippen molar-refractivity contribution in [1.82, 2.24) is 25.1 Å². The van der Waals surface area contributed by atoms with Crippen LogP contribution in [0.3, 0.4) is 0 Å². The summed E-state index contributed by atoms with van der Waals surface area (Å²) in [6.07, 6.45) is 5.58. The summed E-state index contributed by atoms with van der Waals surface area (Å²) < 4.78 is 5.45. The number of nitrogens with zero attached hydrogens (tertiary/aromatic N) is 4. The molecule has 1 aliphatic rings. The maximum absolute atomic E-state index is 12.6. The van der Waals surface area contributed by atoms with Crippen LogP contribution in [0.5, 0.6) is 5.75 Å². The number of hydrogen-bond acceptors (Lipinski definition) is 5. The zero-order valence-corrected chi connectivity index (χ0v) is 15.4. The minimum absolute atomic E-state index is 0.173. The first kappa shape index (κ1) is 17.5. The van der Waals surface area contributed by atoms with Crippen LogP contribution in [0.15, 0.2) is 36.7 Å². The Balaban J connectivity index is 1.35. The highest BCUT2D eigenvalue weighted by Crippen LogP contribution is 2.30. The van der Waals surface area contributed by atoms with Crippen LogP contribution in [0, 0.1) is 0 Å². The van der Waals surface area contributed by atoms with Gasteiger partial charge in [0.05, 0.1) is 18.7 Å². The van der Waals surface area contributed by atoms with Crippen LogP contribution >= 0.6 is 0 Å².